The number of benzene rings is 5. The quantitative estimate of drug-likeness (QED) is 0.185. The summed E-state index contributed by atoms with van der Waals surface area (Å²) in [6.45, 7) is 0. The number of imidazole rings is 2. The van der Waals surface area contributed by atoms with Crippen molar-refractivity contribution in [3.05, 3.63) is 164 Å². The van der Waals surface area contributed by atoms with Gasteiger partial charge in [-0.05, 0) is 91.0 Å². The van der Waals surface area contributed by atoms with Crippen LogP contribution in [-0.2, 0) is 0 Å². The molecule has 0 amide bonds. The Kier molecular flexibility index (Phi) is 6.32. The van der Waals surface area contributed by atoms with Gasteiger partial charge >= 0.3 is 0 Å². The van der Waals surface area contributed by atoms with Gasteiger partial charge in [-0.2, -0.15) is 0 Å². The van der Waals surface area contributed by atoms with Crippen LogP contribution in [0, 0.1) is 0 Å². The van der Waals surface area contributed by atoms with Crippen LogP contribution in [0.3, 0.4) is 0 Å². The largest absolute Gasteiger partial charge is 0.453 e. The summed E-state index contributed by atoms with van der Waals surface area (Å²) in [6, 6.07) is 51.4. The lowest BCUT2D eigenvalue weighted by Gasteiger charge is -2.33. The average Bonchev–Trinajstić information content (AvgIpc) is 3.77. The van der Waals surface area contributed by atoms with Crippen LogP contribution in [0.1, 0.15) is 0 Å². The Hall–Kier alpha value is -7.06. The van der Waals surface area contributed by atoms with Gasteiger partial charge in [0.25, 0.3) is 0 Å². The molecule has 0 saturated heterocycles. The molecule has 0 atom stereocenters. The van der Waals surface area contributed by atoms with Gasteiger partial charge in [-0.15, -0.1) is 0 Å². The zero-order chi connectivity index (χ0) is 33.0. The van der Waals surface area contributed by atoms with Gasteiger partial charge < -0.3 is 9.64 Å². The van der Waals surface area contributed by atoms with Crippen molar-refractivity contribution in [2.24, 2.45) is 0 Å². The molecule has 0 aliphatic carbocycles. The summed E-state index contributed by atoms with van der Waals surface area (Å²) in [4.78, 5) is 21.9. The van der Waals surface area contributed by atoms with Gasteiger partial charge in [0.1, 0.15) is 11.6 Å². The number of hydrogen-bond acceptors (Lipinski definition) is 6. The van der Waals surface area contributed by atoms with Gasteiger partial charge in [-0.3, -0.25) is 9.13 Å². The predicted octanol–water partition coefficient (Wildman–Crippen LogP) is 10.1. The molecular formula is C42H27N7O. The SMILES string of the molecule is c1ccc(-n2c(-c3cc(-c4nc5ncccc5n4-c4ccccc4)cc(N4c5ccccc5Oc5ccccc54)c3)nc3ncccc32)cc1. The van der Waals surface area contributed by atoms with Crippen molar-refractivity contribution in [2.75, 3.05) is 4.90 Å². The fourth-order valence-corrected chi connectivity index (χ4v) is 6.87. The van der Waals surface area contributed by atoms with Crippen molar-refractivity contribution in [2.45, 2.75) is 0 Å². The lowest BCUT2D eigenvalue weighted by molar-refractivity contribution is 0.477. The van der Waals surface area contributed by atoms with E-state index in [4.69, 9.17) is 14.7 Å². The maximum atomic E-state index is 6.40. The summed E-state index contributed by atoms with van der Waals surface area (Å²) in [7, 11) is 0. The minimum Gasteiger partial charge on any atom is -0.453 e. The zero-order valence-corrected chi connectivity index (χ0v) is 26.6. The number of rotatable bonds is 5. The molecule has 5 aromatic carbocycles. The van der Waals surface area contributed by atoms with E-state index >= 15 is 0 Å². The Labute approximate surface area is 287 Å². The number of pyridine rings is 2. The van der Waals surface area contributed by atoms with Crippen molar-refractivity contribution in [3.8, 4) is 45.6 Å². The molecule has 0 bridgehead atoms. The minimum atomic E-state index is 0.668. The number of anilines is 3. The Bertz CT molecular complexity index is 2520. The highest BCUT2D eigenvalue weighted by Crippen LogP contribution is 2.51. The topological polar surface area (TPSA) is 73.9 Å². The standard InChI is InChI=1S/C42H27N7O/c1-3-13-30(14-4-1)48-35-19-11-23-43-39(35)45-41(48)28-25-29(42-46-40-36(20-12-24-44-40)49(42)31-15-5-2-6-16-31)27-32(26-28)47-33-17-7-9-21-37(33)50-38-22-10-8-18-34(38)47/h1-27H. The van der Waals surface area contributed by atoms with E-state index in [1.54, 1.807) is 12.4 Å². The number of ether oxygens (including phenoxy) is 1. The highest BCUT2D eigenvalue weighted by atomic mass is 16.5. The van der Waals surface area contributed by atoms with Crippen LogP contribution >= 0.6 is 0 Å². The van der Waals surface area contributed by atoms with Crippen LogP contribution in [0.15, 0.2) is 164 Å². The van der Waals surface area contributed by atoms with Crippen LogP contribution in [0.2, 0.25) is 0 Å². The average molecular weight is 646 g/mol. The molecule has 0 radical (unpaired) electrons. The van der Waals surface area contributed by atoms with Gasteiger partial charge in [0.15, 0.2) is 22.8 Å². The predicted molar refractivity (Wildman–Crippen MR) is 197 cm³/mol. The Morgan fingerprint density at radius 1 is 0.420 bits per heavy atom. The minimum absolute atomic E-state index is 0.668. The number of aromatic nitrogens is 6. The first-order valence-electron chi connectivity index (χ1n) is 16.4. The van der Waals surface area contributed by atoms with E-state index < -0.39 is 0 Å². The highest BCUT2D eigenvalue weighted by molar-refractivity contribution is 5.91. The van der Waals surface area contributed by atoms with Crippen LogP contribution in [-0.4, -0.2) is 29.1 Å². The first-order chi connectivity index (χ1) is 24.8. The molecule has 0 unspecified atom stereocenters. The number of hydrogen-bond donors (Lipinski definition) is 0. The number of para-hydroxylation sites is 6. The first kappa shape index (κ1) is 28.0. The number of nitrogens with zero attached hydrogens (tertiary/aromatic N) is 7. The van der Waals surface area contributed by atoms with Crippen LogP contribution in [0.4, 0.5) is 17.1 Å². The summed E-state index contributed by atoms with van der Waals surface area (Å²) < 4.78 is 10.8. The maximum absolute atomic E-state index is 6.40. The summed E-state index contributed by atoms with van der Waals surface area (Å²) in [6.07, 6.45) is 3.57. The molecule has 10 rings (SSSR count). The van der Waals surface area contributed by atoms with Crippen LogP contribution in [0.25, 0.3) is 56.5 Å². The molecule has 1 aliphatic rings. The normalized spacial score (nSPS) is 12.1. The van der Waals surface area contributed by atoms with Gasteiger partial charge in [0.05, 0.1) is 22.4 Å². The van der Waals surface area contributed by atoms with Crippen molar-refractivity contribution in [1.29, 1.82) is 0 Å². The monoisotopic (exact) mass is 645 g/mol. The smallest absolute Gasteiger partial charge is 0.178 e. The molecule has 0 N–H and O–H groups in total. The van der Waals surface area contributed by atoms with Gasteiger partial charge in [-0.1, -0.05) is 60.7 Å². The fraction of sp³-hybridized carbons (Fsp3) is 0. The molecule has 1 aliphatic heterocycles. The highest BCUT2D eigenvalue weighted by Gasteiger charge is 2.28. The summed E-state index contributed by atoms with van der Waals surface area (Å²) in [5.74, 6) is 3.09. The van der Waals surface area contributed by atoms with E-state index in [-0.39, 0.29) is 0 Å². The maximum Gasteiger partial charge on any atom is 0.178 e. The Morgan fingerprint density at radius 3 is 1.38 bits per heavy atom. The van der Waals surface area contributed by atoms with E-state index in [0.29, 0.717) is 11.3 Å². The van der Waals surface area contributed by atoms with Gasteiger partial charge in [-0.25, -0.2) is 19.9 Å². The lowest BCUT2D eigenvalue weighted by Crippen LogP contribution is -2.16. The second-order valence-corrected chi connectivity index (χ2v) is 12.0. The van der Waals surface area contributed by atoms with E-state index in [0.717, 1.165) is 73.7 Å². The Balaban J connectivity index is 1.30. The fourth-order valence-electron chi connectivity index (χ4n) is 6.87. The zero-order valence-electron chi connectivity index (χ0n) is 26.6. The molecule has 8 heteroatoms. The molecule has 9 aromatic rings. The van der Waals surface area contributed by atoms with E-state index in [1.165, 1.54) is 0 Å². The summed E-state index contributed by atoms with van der Waals surface area (Å²) in [5, 5.41) is 0. The summed E-state index contributed by atoms with van der Waals surface area (Å²) >= 11 is 0. The van der Waals surface area contributed by atoms with Crippen molar-refractivity contribution < 1.29 is 4.74 Å². The lowest BCUT2D eigenvalue weighted by atomic mass is 10.0. The third-order valence-corrected chi connectivity index (χ3v) is 9.01. The second kappa shape index (κ2) is 11.3. The molecule has 50 heavy (non-hydrogen) atoms. The first-order valence-corrected chi connectivity index (χ1v) is 16.4. The molecule has 236 valence electrons. The van der Waals surface area contributed by atoms with E-state index in [9.17, 15) is 0 Å². The molecular weight excluding hydrogens is 619 g/mol. The van der Waals surface area contributed by atoms with Crippen molar-refractivity contribution in [1.82, 2.24) is 29.1 Å². The third kappa shape index (κ3) is 4.47. The summed E-state index contributed by atoms with van der Waals surface area (Å²) in [5.41, 5.74) is 9.77. The van der Waals surface area contributed by atoms with Crippen LogP contribution in [0.5, 0.6) is 11.5 Å². The number of fused-ring (bicyclic) bond motifs is 4. The molecule has 0 fully saturated rings. The second-order valence-electron chi connectivity index (χ2n) is 12.0. The third-order valence-electron chi connectivity index (χ3n) is 9.01. The van der Waals surface area contributed by atoms with Crippen molar-refractivity contribution in [3.63, 3.8) is 0 Å². The molecule has 8 nitrogen and oxygen atoms in total. The molecule has 5 heterocycles. The van der Waals surface area contributed by atoms with Crippen molar-refractivity contribution >= 4 is 39.4 Å². The molecule has 0 spiro atoms. The molecule has 4 aromatic heterocycles. The van der Waals surface area contributed by atoms with Gasteiger partial charge in [0.2, 0.25) is 0 Å². The van der Waals surface area contributed by atoms with E-state index in [2.05, 4.69) is 90.7 Å². The van der Waals surface area contributed by atoms with Gasteiger partial charge in [0, 0.05) is 40.6 Å². The molecule has 0 saturated carbocycles. The van der Waals surface area contributed by atoms with E-state index in [1.807, 2.05) is 84.9 Å². The van der Waals surface area contributed by atoms with Crippen LogP contribution < -0.4 is 9.64 Å². The Morgan fingerprint density at radius 2 is 0.880 bits per heavy atom.